The number of nitrogens with one attached hydrogen (secondary N) is 1. The van der Waals surface area contributed by atoms with Crippen molar-refractivity contribution in [2.45, 2.75) is 31.1 Å². The van der Waals surface area contributed by atoms with E-state index < -0.39 is 16.8 Å². The zero-order chi connectivity index (χ0) is 14.4. The normalized spacial score (nSPS) is 21.1. The lowest BCUT2D eigenvalue weighted by atomic mass is 9.94. The molecular weight excluding hydrogens is 322 g/mol. The molecule has 0 atom stereocenters. The van der Waals surface area contributed by atoms with Gasteiger partial charge < -0.3 is 10.4 Å². The molecule has 2 aliphatic carbocycles. The smallest absolute Gasteiger partial charge is 0.311 e. The highest BCUT2D eigenvalue weighted by molar-refractivity contribution is 9.10. The maximum Gasteiger partial charge on any atom is 0.311 e. The summed E-state index contributed by atoms with van der Waals surface area (Å²) in [6.45, 7) is 0.247. The number of hydrogen-bond donors (Lipinski definition) is 2. The number of carbonyl (C=O) groups is 2. The van der Waals surface area contributed by atoms with Crippen LogP contribution < -0.4 is 5.32 Å². The number of amides is 1. The fourth-order valence-electron chi connectivity index (χ4n) is 2.59. The van der Waals surface area contributed by atoms with Crippen molar-refractivity contribution in [3.8, 4) is 0 Å². The zero-order valence-electron chi connectivity index (χ0n) is 11.0. The summed E-state index contributed by atoms with van der Waals surface area (Å²) in [5, 5.41) is 12.0. The van der Waals surface area contributed by atoms with E-state index in [0.717, 1.165) is 22.9 Å². The number of carboxylic acid groups (broad SMARTS) is 1. The second-order valence-electron chi connectivity index (χ2n) is 5.86. The predicted octanol–water partition coefficient (Wildman–Crippen LogP) is 2.46. The molecule has 2 N–H and O–H groups in total. The molecule has 4 nitrogen and oxygen atoms in total. The number of hydrogen-bond acceptors (Lipinski definition) is 2. The van der Waals surface area contributed by atoms with Crippen molar-refractivity contribution in [3.05, 3.63) is 34.3 Å². The summed E-state index contributed by atoms with van der Waals surface area (Å²) in [7, 11) is 0. The van der Waals surface area contributed by atoms with Gasteiger partial charge in [0.25, 0.3) is 0 Å². The molecule has 0 unspecified atom stereocenters. The molecule has 0 radical (unpaired) electrons. The van der Waals surface area contributed by atoms with Crippen molar-refractivity contribution in [1.29, 1.82) is 0 Å². The number of aliphatic carboxylic acids is 1. The number of carbonyl (C=O) groups excluding carboxylic acids is 1. The molecule has 1 aromatic carbocycles. The van der Waals surface area contributed by atoms with Gasteiger partial charge in [-0.3, -0.25) is 9.59 Å². The lowest BCUT2D eigenvalue weighted by Gasteiger charge is -2.18. The average molecular weight is 338 g/mol. The molecular formula is C15H16BrNO3. The molecule has 20 heavy (non-hydrogen) atoms. The molecule has 106 valence electrons. The van der Waals surface area contributed by atoms with Crippen molar-refractivity contribution in [3.63, 3.8) is 0 Å². The molecule has 0 heterocycles. The van der Waals surface area contributed by atoms with E-state index >= 15 is 0 Å². The number of rotatable bonds is 5. The zero-order valence-corrected chi connectivity index (χ0v) is 12.6. The second kappa shape index (κ2) is 4.58. The van der Waals surface area contributed by atoms with Crippen molar-refractivity contribution < 1.29 is 14.7 Å². The van der Waals surface area contributed by atoms with E-state index in [4.69, 9.17) is 5.11 Å². The Balaban J connectivity index is 1.70. The van der Waals surface area contributed by atoms with E-state index in [1.165, 1.54) is 0 Å². The summed E-state index contributed by atoms with van der Waals surface area (Å²) in [6, 6.07) is 7.78. The van der Waals surface area contributed by atoms with Crippen molar-refractivity contribution >= 4 is 27.8 Å². The first-order chi connectivity index (χ1) is 9.48. The lowest BCUT2D eigenvalue weighted by molar-refractivity contribution is -0.143. The molecule has 0 saturated heterocycles. The van der Waals surface area contributed by atoms with Gasteiger partial charge in [-0.15, -0.1) is 0 Å². The molecule has 0 aromatic heterocycles. The van der Waals surface area contributed by atoms with E-state index in [1.54, 1.807) is 0 Å². The van der Waals surface area contributed by atoms with Crippen LogP contribution in [-0.4, -0.2) is 23.5 Å². The third kappa shape index (κ3) is 2.24. The Bertz CT molecular complexity index is 576. The standard InChI is InChI=1S/C15H16BrNO3/c16-11-3-1-2-10(8-11)15(6-7-15)12(18)17-9-14(4-5-14)13(19)20/h1-3,8H,4-7,9H2,(H,17,18)(H,19,20). The minimum Gasteiger partial charge on any atom is -0.481 e. The van der Waals surface area contributed by atoms with Crippen LogP contribution in [0, 0.1) is 5.41 Å². The molecule has 0 bridgehead atoms. The number of halogens is 1. The SMILES string of the molecule is O=C(O)C1(CNC(=O)C2(c3cccc(Br)c3)CC2)CC1. The second-order valence-corrected chi connectivity index (χ2v) is 6.78. The average Bonchev–Trinajstić information content (AvgIpc) is 3.29. The predicted molar refractivity (Wildman–Crippen MR) is 77.4 cm³/mol. The number of carboxylic acids is 1. The van der Waals surface area contributed by atoms with Gasteiger partial charge >= 0.3 is 5.97 Å². The van der Waals surface area contributed by atoms with Crippen LogP contribution in [0.15, 0.2) is 28.7 Å². The molecule has 3 rings (SSSR count). The number of benzene rings is 1. The quantitative estimate of drug-likeness (QED) is 0.867. The Hall–Kier alpha value is -1.36. The van der Waals surface area contributed by atoms with E-state index in [-0.39, 0.29) is 12.5 Å². The van der Waals surface area contributed by atoms with Gasteiger partial charge in [0.15, 0.2) is 0 Å². The Morgan fingerprint density at radius 2 is 1.95 bits per heavy atom. The van der Waals surface area contributed by atoms with Crippen molar-refractivity contribution in [2.24, 2.45) is 5.41 Å². The van der Waals surface area contributed by atoms with Gasteiger partial charge in [-0.2, -0.15) is 0 Å². The monoisotopic (exact) mass is 337 g/mol. The first-order valence-corrected chi connectivity index (χ1v) is 7.56. The highest BCUT2D eigenvalue weighted by atomic mass is 79.9. The minimum absolute atomic E-state index is 0.0388. The topological polar surface area (TPSA) is 66.4 Å². The van der Waals surface area contributed by atoms with E-state index in [9.17, 15) is 9.59 Å². The van der Waals surface area contributed by atoms with Gasteiger partial charge in [0.05, 0.1) is 10.8 Å². The summed E-state index contributed by atoms with van der Waals surface area (Å²) in [4.78, 5) is 23.5. The van der Waals surface area contributed by atoms with Crippen LogP contribution in [0.2, 0.25) is 0 Å². The maximum absolute atomic E-state index is 12.4. The highest BCUT2D eigenvalue weighted by Gasteiger charge is 2.54. The molecule has 5 heteroatoms. The molecule has 2 saturated carbocycles. The molecule has 0 spiro atoms. The fourth-order valence-corrected chi connectivity index (χ4v) is 2.99. The summed E-state index contributed by atoms with van der Waals surface area (Å²) in [5.41, 5.74) is -0.147. The van der Waals surface area contributed by atoms with Gasteiger partial charge in [0, 0.05) is 11.0 Å². The third-order valence-electron chi connectivity index (χ3n) is 4.46. The summed E-state index contributed by atoms with van der Waals surface area (Å²) in [6.07, 6.45) is 2.98. The van der Waals surface area contributed by atoms with Crippen LogP contribution in [0.5, 0.6) is 0 Å². The van der Waals surface area contributed by atoms with Gasteiger partial charge in [-0.25, -0.2) is 0 Å². The van der Waals surface area contributed by atoms with Crippen LogP contribution >= 0.6 is 15.9 Å². The largest absolute Gasteiger partial charge is 0.481 e. The first-order valence-electron chi connectivity index (χ1n) is 6.76. The van der Waals surface area contributed by atoms with Crippen LogP contribution in [0.25, 0.3) is 0 Å². The Morgan fingerprint density at radius 1 is 1.25 bits per heavy atom. The van der Waals surface area contributed by atoms with E-state index in [2.05, 4.69) is 21.2 Å². The highest BCUT2D eigenvalue weighted by Crippen LogP contribution is 2.50. The summed E-state index contributed by atoms with van der Waals surface area (Å²) in [5.74, 6) is -0.840. The van der Waals surface area contributed by atoms with Crippen LogP contribution in [0.1, 0.15) is 31.2 Å². The third-order valence-corrected chi connectivity index (χ3v) is 4.95. The van der Waals surface area contributed by atoms with Crippen molar-refractivity contribution in [1.82, 2.24) is 5.32 Å². The molecule has 1 aromatic rings. The molecule has 1 amide bonds. The van der Waals surface area contributed by atoms with E-state index in [0.29, 0.717) is 12.8 Å². The van der Waals surface area contributed by atoms with Crippen molar-refractivity contribution in [2.75, 3.05) is 6.54 Å². The van der Waals surface area contributed by atoms with Crippen LogP contribution in [0.4, 0.5) is 0 Å². The maximum atomic E-state index is 12.4. The molecule has 0 aliphatic heterocycles. The Labute approximate surface area is 125 Å². The summed E-state index contributed by atoms with van der Waals surface area (Å²) < 4.78 is 0.957. The van der Waals surface area contributed by atoms with E-state index in [1.807, 2.05) is 24.3 Å². The van der Waals surface area contributed by atoms with Crippen LogP contribution in [0.3, 0.4) is 0 Å². The van der Waals surface area contributed by atoms with Gasteiger partial charge in [0.2, 0.25) is 5.91 Å². The summed E-state index contributed by atoms with van der Waals surface area (Å²) >= 11 is 3.42. The van der Waals surface area contributed by atoms with Gasteiger partial charge in [-0.05, 0) is 43.4 Å². The van der Waals surface area contributed by atoms with Gasteiger partial charge in [0.1, 0.15) is 0 Å². The first kappa shape index (κ1) is 13.6. The minimum atomic E-state index is -0.801. The molecule has 2 fully saturated rings. The molecule has 2 aliphatic rings. The lowest BCUT2D eigenvalue weighted by Crippen LogP contribution is -2.40. The fraction of sp³-hybridized carbons (Fsp3) is 0.467. The van der Waals surface area contributed by atoms with Gasteiger partial charge in [-0.1, -0.05) is 28.1 Å². The Kier molecular flexibility index (Phi) is 3.12. The van der Waals surface area contributed by atoms with Crippen LogP contribution in [-0.2, 0) is 15.0 Å². The Morgan fingerprint density at radius 3 is 2.45 bits per heavy atom.